The predicted octanol–water partition coefficient (Wildman–Crippen LogP) is 5.27. The Balaban J connectivity index is 0.000000149. The molecule has 3 N–H and O–H groups in total. The van der Waals surface area contributed by atoms with E-state index in [9.17, 15) is 14.4 Å². The average molecular weight is 759 g/mol. The topological polar surface area (TPSA) is 170 Å². The summed E-state index contributed by atoms with van der Waals surface area (Å²) in [5.74, 6) is 2.06. The summed E-state index contributed by atoms with van der Waals surface area (Å²) in [4.78, 5) is 51.9. The second-order valence-corrected chi connectivity index (χ2v) is 15.1. The third-order valence-electron chi connectivity index (χ3n) is 11.2. The average Bonchev–Trinajstić information content (AvgIpc) is 3.55. The van der Waals surface area contributed by atoms with E-state index in [1.807, 2.05) is 35.0 Å². The molecule has 5 aromatic heterocycles. The highest BCUT2D eigenvalue weighted by Gasteiger charge is 2.29. The summed E-state index contributed by atoms with van der Waals surface area (Å²) >= 11 is 0. The molecule has 4 amide bonds. The fourth-order valence-corrected chi connectivity index (χ4v) is 7.98. The van der Waals surface area contributed by atoms with Gasteiger partial charge in [0.2, 0.25) is 11.9 Å². The molecule has 2 aliphatic heterocycles. The summed E-state index contributed by atoms with van der Waals surface area (Å²) in [7, 11) is 0. The number of aromatic amines is 1. The fraction of sp³-hybridized carbons (Fsp3) is 0.425. The van der Waals surface area contributed by atoms with E-state index in [2.05, 4.69) is 51.8 Å². The molecule has 6 aromatic rings. The van der Waals surface area contributed by atoms with Crippen LogP contribution in [0.3, 0.4) is 0 Å². The monoisotopic (exact) mass is 758 g/mol. The summed E-state index contributed by atoms with van der Waals surface area (Å²) in [6.07, 6.45) is 19.7. The lowest BCUT2D eigenvalue weighted by molar-refractivity contribution is -0.120. The van der Waals surface area contributed by atoms with E-state index in [-0.39, 0.29) is 17.9 Å². The van der Waals surface area contributed by atoms with Crippen LogP contribution in [0.25, 0.3) is 22.1 Å². The van der Waals surface area contributed by atoms with Gasteiger partial charge in [0, 0.05) is 63.0 Å². The number of pyridine rings is 1. The number of amides is 4. The highest BCUT2D eigenvalue weighted by atomic mass is 16.5. The standard InChI is InChI=1S/C23H32N6O2.C17H14N6O2/c30-21-9-12-29(23(31)25-21)22-24-17-20-19(7-4-10-28(20)22)27-15-13-26(14-16-27)11-8-18-5-2-1-3-6-18;24-17(21-16-9-18-15-2-1-5-20-23(15)16)12-6-10-8-19-22-13(10)7-14(12)25-11-3-4-11/h4,7,10,17-18H,1-3,5-6,8-9,11-16H2,(H,25,30,31);1-2,5-9,11H,3-4H2,(H,19,22)(H,21,24). The van der Waals surface area contributed by atoms with Gasteiger partial charge >= 0.3 is 6.03 Å². The molecule has 0 atom stereocenters. The van der Waals surface area contributed by atoms with Crippen molar-refractivity contribution in [2.24, 2.45) is 5.92 Å². The smallest absolute Gasteiger partial charge is 0.330 e. The summed E-state index contributed by atoms with van der Waals surface area (Å²) in [6.45, 7) is 5.76. The van der Waals surface area contributed by atoms with Crippen LogP contribution in [-0.2, 0) is 4.79 Å². The molecule has 0 radical (unpaired) electrons. The first kappa shape index (κ1) is 35.7. The van der Waals surface area contributed by atoms with Crippen LogP contribution in [0.1, 0.15) is 68.1 Å². The van der Waals surface area contributed by atoms with Gasteiger partial charge in [-0.25, -0.2) is 14.8 Å². The van der Waals surface area contributed by atoms with Crippen LogP contribution in [0.5, 0.6) is 5.75 Å². The van der Waals surface area contributed by atoms with Crippen molar-refractivity contribution in [3.05, 3.63) is 72.9 Å². The number of urea groups is 1. The summed E-state index contributed by atoms with van der Waals surface area (Å²) in [5, 5.41) is 17.2. The van der Waals surface area contributed by atoms with Crippen molar-refractivity contribution < 1.29 is 19.1 Å². The molecular weight excluding hydrogens is 713 g/mol. The Morgan fingerprint density at radius 3 is 2.61 bits per heavy atom. The van der Waals surface area contributed by atoms with Gasteiger partial charge in [-0.3, -0.25) is 34.2 Å². The van der Waals surface area contributed by atoms with Crippen molar-refractivity contribution in [1.82, 2.24) is 44.4 Å². The first-order valence-electron chi connectivity index (χ1n) is 19.8. The number of H-pyrrole nitrogens is 1. The maximum absolute atomic E-state index is 12.9. The van der Waals surface area contributed by atoms with E-state index in [0.29, 0.717) is 41.7 Å². The van der Waals surface area contributed by atoms with Crippen LogP contribution in [0.15, 0.2) is 67.4 Å². The normalized spacial score (nSPS) is 18.3. The largest absolute Gasteiger partial charge is 0.490 e. The van der Waals surface area contributed by atoms with Crippen LogP contribution in [0, 0.1) is 5.92 Å². The Labute approximate surface area is 323 Å². The van der Waals surface area contributed by atoms with Gasteiger partial charge in [0.25, 0.3) is 5.91 Å². The Bertz CT molecular complexity index is 2370. The van der Waals surface area contributed by atoms with E-state index in [0.717, 1.165) is 67.0 Å². The van der Waals surface area contributed by atoms with Gasteiger partial charge in [0.05, 0.1) is 47.0 Å². The number of carbonyl (C=O) groups is 3. The van der Waals surface area contributed by atoms with Crippen molar-refractivity contribution in [2.45, 2.75) is 63.9 Å². The molecule has 10 rings (SSSR count). The Morgan fingerprint density at radius 2 is 1.79 bits per heavy atom. The van der Waals surface area contributed by atoms with Crippen LogP contribution in [0.4, 0.5) is 22.2 Å². The van der Waals surface area contributed by atoms with E-state index in [1.54, 1.807) is 40.1 Å². The third kappa shape index (κ3) is 7.60. The maximum atomic E-state index is 12.9. The molecule has 2 saturated heterocycles. The van der Waals surface area contributed by atoms with E-state index < -0.39 is 6.03 Å². The number of carbonyl (C=O) groups excluding carboxylic acids is 3. The second kappa shape index (κ2) is 15.6. The highest BCUT2D eigenvalue weighted by molar-refractivity contribution is 6.08. The minimum atomic E-state index is -0.402. The van der Waals surface area contributed by atoms with E-state index in [4.69, 9.17) is 4.74 Å². The van der Waals surface area contributed by atoms with Gasteiger partial charge < -0.3 is 15.0 Å². The highest BCUT2D eigenvalue weighted by Crippen LogP contribution is 2.33. The van der Waals surface area contributed by atoms with Crippen LogP contribution >= 0.6 is 0 Å². The number of hydrogen-bond acceptors (Lipinski definition) is 10. The minimum absolute atomic E-state index is 0.185. The Morgan fingerprint density at radius 1 is 0.929 bits per heavy atom. The van der Waals surface area contributed by atoms with Gasteiger partial charge in [0.1, 0.15) is 5.75 Å². The quantitative estimate of drug-likeness (QED) is 0.177. The van der Waals surface area contributed by atoms with Crippen molar-refractivity contribution in [3.63, 3.8) is 0 Å². The van der Waals surface area contributed by atoms with Crippen LogP contribution in [-0.4, -0.2) is 102 Å². The van der Waals surface area contributed by atoms with Gasteiger partial charge in [-0.2, -0.15) is 14.7 Å². The maximum Gasteiger partial charge on any atom is 0.330 e. The van der Waals surface area contributed by atoms with E-state index >= 15 is 0 Å². The van der Waals surface area contributed by atoms with Crippen LogP contribution < -0.4 is 25.2 Å². The number of benzene rings is 1. The molecule has 1 aromatic carbocycles. The number of nitrogens with one attached hydrogen (secondary N) is 3. The molecule has 0 bridgehead atoms. The fourth-order valence-electron chi connectivity index (χ4n) is 7.98. The molecule has 290 valence electrons. The minimum Gasteiger partial charge on any atom is -0.490 e. The first-order chi connectivity index (χ1) is 27.5. The zero-order chi connectivity index (χ0) is 38.0. The molecule has 56 heavy (non-hydrogen) atoms. The van der Waals surface area contributed by atoms with Crippen molar-refractivity contribution in [2.75, 3.05) is 54.4 Å². The third-order valence-corrected chi connectivity index (χ3v) is 11.2. The molecule has 0 unspecified atom stereocenters. The predicted molar refractivity (Wildman–Crippen MR) is 211 cm³/mol. The molecule has 0 spiro atoms. The number of piperazine rings is 1. The molecule has 4 fully saturated rings. The molecular formula is C40H46N12O4. The number of aromatic nitrogens is 7. The SMILES string of the molecule is O=C(Nc1cnc2cccnn12)c1cc2cn[nH]c2cc1OC1CC1.O=C1CCN(c2ncc3c(N4CCN(CCC5CCCCC5)CC4)cccn23)C(=O)N1. The number of imide groups is 1. The van der Waals surface area contributed by atoms with Gasteiger partial charge in [-0.05, 0) is 62.1 Å². The Hall–Kier alpha value is -6.03. The van der Waals surface area contributed by atoms with Gasteiger partial charge in [0.15, 0.2) is 11.5 Å². The van der Waals surface area contributed by atoms with Gasteiger partial charge in [-0.1, -0.05) is 32.1 Å². The van der Waals surface area contributed by atoms with Crippen molar-refractivity contribution >= 4 is 57.4 Å². The van der Waals surface area contributed by atoms with E-state index in [1.165, 1.54) is 45.1 Å². The summed E-state index contributed by atoms with van der Waals surface area (Å²) in [6, 6.07) is 11.0. The van der Waals surface area contributed by atoms with Crippen molar-refractivity contribution in [3.8, 4) is 5.75 Å². The number of nitrogens with zero attached hydrogens (tertiary/aromatic N) is 9. The number of ether oxygens (including phenoxy) is 1. The summed E-state index contributed by atoms with van der Waals surface area (Å²) in [5.41, 5.74) is 4.12. The molecule has 16 heteroatoms. The number of anilines is 3. The van der Waals surface area contributed by atoms with Crippen molar-refractivity contribution in [1.29, 1.82) is 0 Å². The van der Waals surface area contributed by atoms with Gasteiger partial charge in [-0.15, -0.1) is 0 Å². The Kier molecular flexibility index (Phi) is 9.94. The molecule has 2 aliphatic carbocycles. The lowest BCUT2D eigenvalue weighted by Crippen LogP contribution is -2.50. The molecule has 4 aliphatic rings. The lowest BCUT2D eigenvalue weighted by atomic mass is 9.87. The van der Waals surface area contributed by atoms with Crippen LogP contribution in [0.2, 0.25) is 0 Å². The first-order valence-corrected chi connectivity index (χ1v) is 19.8. The number of rotatable bonds is 9. The number of hydrogen-bond donors (Lipinski definition) is 3. The molecule has 16 nitrogen and oxygen atoms in total. The zero-order valence-electron chi connectivity index (χ0n) is 31.3. The number of fused-ring (bicyclic) bond motifs is 3. The summed E-state index contributed by atoms with van der Waals surface area (Å²) < 4.78 is 9.45. The second-order valence-electron chi connectivity index (χ2n) is 15.1. The zero-order valence-corrected chi connectivity index (χ0v) is 31.3. The number of imidazole rings is 2. The molecule has 7 heterocycles. The molecule has 2 saturated carbocycles. The lowest BCUT2D eigenvalue weighted by Gasteiger charge is -2.37.